The lowest BCUT2D eigenvalue weighted by atomic mass is 10.1. The number of pyridine rings is 1. The number of phenolic OH excluding ortho intramolecular Hbond substituents is 1. The molecule has 3 N–H and O–H groups in total. The van der Waals surface area contributed by atoms with Gasteiger partial charge in [0.2, 0.25) is 5.88 Å². The van der Waals surface area contributed by atoms with Gasteiger partial charge < -0.3 is 20.5 Å². The molecule has 4 aromatic rings. The first-order chi connectivity index (χ1) is 17.4. The molecule has 0 aliphatic rings. The van der Waals surface area contributed by atoms with Gasteiger partial charge in [-0.1, -0.05) is 35.9 Å². The SMILES string of the molecule is Cc1ccc(O)c(C(=O)NCc2ccc(CNC(=O)c3cccnc3Oc3ccc(F)cc3)cc2)c1. The lowest BCUT2D eigenvalue weighted by Crippen LogP contribution is -2.24. The van der Waals surface area contributed by atoms with Crippen LogP contribution in [0.3, 0.4) is 0 Å². The molecule has 0 aliphatic heterocycles. The largest absolute Gasteiger partial charge is 0.507 e. The third-order valence-corrected chi connectivity index (χ3v) is 5.37. The van der Waals surface area contributed by atoms with Gasteiger partial charge in [-0.2, -0.15) is 0 Å². The molecule has 7 nitrogen and oxygen atoms in total. The molecule has 36 heavy (non-hydrogen) atoms. The van der Waals surface area contributed by atoms with E-state index in [1.54, 1.807) is 24.3 Å². The van der Waals surface area contributed by atoms with Crippen molar-refractivity contribution in [3.63, 3.8) is 0 Å². The maximum atomic E-state index is 13.1. The summed E-state index contributed by atoms with van der Waals surface area (Å²) in [6, 6.07) is 20.9. The van der Waals surface area contributed by atoms with Crippen LogP contribution in [0.2, 0.25) is 0 Å². The Morgan fingerprint density at radius 1 is 0.861 bits per heavy atom. The highest BCUT2D eigenvalue weighted by atomic mass is 19.1. The Morgan fingerprint density at radius 2 is 1.47 bits per heavy atom. The number of aromatic nitrogens is 1. The predicted molar refractivity (Wildman–Crippen MR) is 132 cm³/mol. The number of amides is 2. The van der Waals surface area contributed by atoms with E-state index < -0.39 is 0 Å². The molecule has 3 aromatic carbocycles. The zero-order chi connectivity index (χ0) is 25.5. The van der Waals surface area contributed by atoms with Gasteiger partial charge >= 0.3 is 0 Å². The minimum Gasteiger partial charge on any atom is -0.507 e. The highest BCUT2D eigenvalue weighted by Crippen LogP contribution is 2.23. The number of hydrogen-bond donors (Lipinski definition) is 3. The van der Waals surface area contributed by atoms with Crippen molar-refractivity contribution < 1.29 is 23.8 Å². The summed E-state index contributed by atoms with van der Waals surface area (Å²) in [5.41, 5.74) is 3.09. The fourth-order valence-corrected chi connectivity index (χ4v) is 3.42. The van der Waals surface area contributed by atoms with E-state index in [4.69, 9.17) is 4.74 Å². The Hall–Kier alpha value is -4.72. The molecule has 0 atom stereocenters. The van der Waals surface area contributed by atoms with Gasteiger partial charge in [0.15, 0.2) is 0 Å². The summed E-state index contributed by atoms with van der Waals surface area (Å²) in [5, 5.41) is 15.5. The quantitative estimate of drug-likeness (QED) is 0.330. The van der Waals surface area contributed by atoms with Gasteiger partial charge in [-0.3, -0.25) is 9.59 Å². The van der Waals surface area contributed by atoms with Gasteiger partial charge in [0.25, 0.3) is 11.8 Å². The smallest absolute Gasteiger partial charge is 0.257 e. The molecule has 4 rings (SSSR count). The third kappa shape index (κ3) is 6.24. The van der Waals surface area contributed by atoms with E-state index in [-0.39, 0.29) is 46.9 Å². The van der Waals surface area contributed by atoms with Gasteiger partial charge in [-0.05, 0) is 66.6 Å². The van der Waals surface area contributed by atoms with Gasteiger partial charge in [0, 0.05) is 19.3 Å². The number of nitrogens with one attached hydrogen (secondary N) is 2. The average molecular weight is 486 g/mol. The maximum Gasteiger partial charge on any atom is 0.257 e. The molecule has 182 valence electrons. The summed E-state index contributed by atoms with van der Waals surface area (Å²) in [6.45, 7) is 2.41. The van der Waals surface area contributed by atoms with E-state index in [1.165, 1.54) is 36.5 Å². The van der Waals surface area contributed by atoms with Crippen LogP contribution in [0.5, 0.6) is 17.4 Å². The first kappa shape index (κ1) is 24.4. The molecule has 0 bridgehead atoms. The Kier molecular flexibility index (Phi) is 7.55. The minimum atomic E-state index is -0.389. The molecule has 0 saturated heterocycles. The van der Waals surface area contributed by atoms with Crippen molar-refractivity contribution in [2.45, 2.75) is 20.0 Å². The van der Waals surface area contributed by atoms with Crippen LogP contribution in [0.25, 0.3) is 0 Å². The zero-order valence-electron chi connectivity index (χ0n) is 19.5. The predicted octanol–water partition coefficient (Wildman–Crippen LogP) is 4.89. The van der Waals surface area contributed by atoms with Crippen LogP contribution in [-0.2, 0) is 13.1 Å². The van der Waals surface area contributed by atoms with E-state index in [0.717, 1.165) is 16.7 Å². The molecule has 0 radical (unpaired) electrons. The number of hydrogen-bond acceptors (Lipinski definition) is 5. The van der Waals surface area contributed by atoms with Gasteiger partial charge in [-0.15, -0.1) is 0 Å². The van der Waals surface area contributed by atoms with Gasteiger partial charge in [0.05, 0.1) is 5.56 Å². The average Bonchev–Trinajstić information content (AvgIpc) is 2.89. The maximum absolute atomic E-state index is 13.1. The molecule has 0 spiro atoms. The highest BCUT2D eigenvalue weighted by Gasteiger charge is 2.15. The second-order valence-electron chi connectivity index (χ2n) is 8.11. The highest BCUT2D eigenvalue weighted by molar-refractivity contribution is 5.97. The molecule has 0 saturated carbocycles. The van der Waals surface area contributed by atoms with E-state index in [1.807, 2.05) is 31.2 Å². The van der Waals surface area contributed by atoms with Crippen molar-refractivity contribution in [3.8, 4) is 17.4 Å². The van der Waals surface area contributed by atoms with Crippen LogP contribution in [-0.4, -0.2) is 21.9 Å². The Labute approximate surface area is 207 Å². The topological polar surface area (TPSA) is 101 Å². The minimum absolute atomic E-state index is 0.0657. The first-order valence-electron chi connectivity index (χ1n) is 11.2. The van der Waals surface area contributed by atoms with Crippen molar-refractivity contribution in [3.05, 3.63) is 119 Å². The van der Waals surface area contributed by atoms with Crippen LogP contribution >= 0.6 is 0 Å². The number of aromatic hydroxyl groups is 1. The first-order valence-corrected chi connectivity index (χ1v) is 11.2. The van der Waals surface area contributed by atoms with Gasteiger partial charge in [0.1, 0.15) is 22.9 Å². The fourth-order valence-electron chi connectivity index (χ4n) is 3.42. The fraction of sp³-hybridized carbons (Fsp3) is 0.107. The molecular weight excluding hydrogens is 461 g/mol. The lowest BCUT2D eigenvalue weighted by Gasteiger charge is -2.11. The summed E-state index contributed by atoms with van der Waals surface area (Å²) in [7, 11) is 0. The Morgan fingerprint density at radius 3 is 2.11 bits per heavy atom. The van der Waals surface area contributed by atoms with Crippen LogP contribution in [0, 0.1) is 12.7 Å². The van der Waals surface area contributed by atoms with Crippen molar-refractivity contribution in [1.29, 1.82) is 0 Å². The van der Waals surface area contributed by atoms with Crippen LogP contribution in [0.4, 0.5) is 4.39 Å². The molecule has 0 unspecified atom stereocenters. The van der Waals surface area contributed by atoms with Crippen LogP contribution in [0.1, 0.15) is 37.4 Å². The summed E-state index contributed by atoms with van der Waals surface area (Å²) < 4.78 is 18.8. The second kappa shape index (κ2) is 11.1. The van der Waals surface area contributed by atoms with Crippen LogP contribution < -0.4 is 15.4 Å². The van der Waals surface area contributed by atoms with Crippen LogP contribution in [0.15, 0.2) is 85.1 Å². The number of benzene rings is 3. The zero-order valence-corrected chi connectivity index (χ0v) is 19.5. The van der Waals surface area contributed by atoms with E-state index >= 15 is 0 Å². The molecule has 2 amide bonds. The standard InChI is InChI=1S/C28H24FN3O4/c1-18-4-13-25(33)24(15-18)27(35)32-17-20-7-5-19(6-8-20)16-31-26(34)23-3-2-14-30-28(23)36-22-11-9-21(29)10-12-22/h2-15,33H,16-17H2,1H3,(H,31,34)(H,32,35). The third-order valence-electron chi connectivity index (χ3n) is 5.37. The molecule has 0 aliphatic carbocycles. The van der Waals surface area contributed by atoms with E-state index in [0.29, 0.717) is 12.3 Å². The molecule has 1 heterocycles. The molecule has 1 aromatic heterocycles. The van der Waals surface area contributed by atoms with Crippen molar-refractivity contribution >= 4 is 11.8 Å². The lowest BCUT2D eigenvalue weighted by molar-refractivity contribution is 0.0939. The second-order valence-corrected chi connectivity index (χ2v) is 8.11. The summed E-state index contributed by atoms with van der Waals surface area (Å²) in [6.07, 6.45) is 1.51. The van der Waals surface area contributed by atoms with Gasteiger partial charge in [-0.25, -0.2) is 9.37 Å². The number of rotatable bonds is 8. The number of ether oxygens (including phenoxy) is 1. The molecule has 8 heteroatoms. The Balaban J connectivity index is 1.32. The van der Waals surface area contributed by atoms with Crippen molar-refractivity contribution in [1.82, 2.24) is 15.6 Å². The van der Waals surface area contributed by atoms with Crippen molar-refractivity contribution in [2.75, 3.05) is 0 Å². The monoisotopic (exact) mass is 485 g/mol. The summed E-state index contributed by atoms with van der Waals surface area (Å²) in [4.78, 5) is 29.3. The Bertz CT molecular complexity index is 1370. The van der Waals surface area contributed by atoms with Crippen molar-refractivity contribution in [2.24, 2.45) is 0 Å². The molecule has 0 fully saturated rings. The number of phenols is 1. The summed E-state index contributed by atoms with van der Waals surface area (Å²) >= 11 is 0. The summed E-state index contributed by atoms with van der Waals surface area (Å²) in [5.74, 6) is -0.696. The number of carbonyl (C=O) groups is 2. The molecular formula is C28H24FN3O4. The normalized spacial score (nSPS) is 10.5. The van der Waals surface area contributed by atoms with E-state index in [9.17, 15) is 19.1 Å². The number of nitrogens with zero attached hydrogens (tertiary/aromatic N) is 1. The number of halogens is 1. The van der Waals surface area contributed by atoms with E-state index in [2.05, 4.69) is 15.6 Å². The number of aryl methyl sites for hydroxylation is 1. The number of carbonyl (C=O) groups excluding carboxylic acids is 2.